The summed E-state index contributed by atoms with van der Waals surface area (Å²) in [5, 5.41) is 14.5. The number of amides is 2. The Kier molecular flexibility index (Phi) is 13.0. The highest BCUT2D eigenvalue weighted by Gasteiger charge is 2.29. The van der Waals surface area contributed by atoms with Crippen molar-refractivity contribution < 1.29 is 54.2 Å². The van der Waals surface area contributed by atoms with Crippen LogP contribution in [0.2, 0.25) is 5.02 Å². The molecule has 7 N–H and O–H groups in total. The molecule has 1 aliphatic rings. The lowest BCUT2D eigenvalue weighted by atomic mass is 10.1. The Bertz CT molecular complexity index is 1390. The van der Waals surface area contributed by atoms with Crippen molar-refractivity contribution in [2.24, 2.45) is 5.73 Å². The van der Waals surface area contributed by atoms with Gasteiger partial charge in [0, 0.05) is 49.9 Å². The number of rotatable bonds is 10. The van der Waals surface area contributed by atoms with Crippen LogP contribution >= 0.6 is 11.6 Å². The van der Waals surface area contributed by atoms with Gasteiger partial charge in [0.2, 0.25) is 5.91 Å². The first-order valence-corrected chi connectivity index (χ1v) is 14.1. The van der Waals surface area contributed by atoms with Crippen LogP contribution in [0, 0.1) is 11.6 Å². The van der Waals surface area contributed by atoms with Gasteiger partial charge in [0.25, 0.3) is 5.91 Å². The smallest absolute Gasteiger partial charge is 0.394 e. The third-order valence-corrected chi connectivity index (χ3v) is 6.34. The van der Waals surface area contributed by atoms with Crippen LogP contribution in [-0.4, -0.2) is 90.9 Å². The lowest BCUT2D eigenvalue weighted by Crippen LogP contribution is -2.47. The minimum absolute atomic E-state index is 0.115. The van der Waals surface area contributed by atoms with E-state index in [9.17, 15) is 31.5 Å². The Balaban J connectivity index is 0.00000119. The molecular weight excluding hydrogens is 633 g/mol. The van der Waals surface area contributed by atoms with Gasteiger partial charge in [0.05, 0.1) is 30.0 Å². The molecule has 43 heavy (non-hydrogen) atoms. The van der Waals surface area contributed by atoms with Crippen molar-refractivity contribution in [2.45, 2.75) is 25.2 Å². The number of nitrogens with one attached hydrogen (secondary N) is 2. The molecule has 0 aromatic heterocycles. The predicted octanol–water partition coefficient (Wildman–Crippen LogP) is 2.23. The minimum Gasteiger partial charge on any atom is -0.394 e. The zero-order valence-corrected chi connectivity index (χ0v) is 23.8. The lowest BCUT2D eigenvalue weighted by Gasteiger charge is -2.37. The molecule has 1 heterocycles. The number of halogens is 6. The fourth-order valence-electron chi connectivity index (χ4n) is 3.95. The summed E-state index contributed by atoms with van der Waals surface area (Å²) < 4.78 is 98.6. The molecule has 0 aliphatic carbocycles. The second-order valence-electron chi connectivity index (χ2n) is 9.18. The maximum Gasteiger partial charge on any atom is 0.394 e. The molecule has 19 heteroatoms. The fraction of sp³-hybridized carbons (Fsp3) is 0.417. The number of carbonyl (C=O) groups excluding carboxylic acids is 2. The molecule has 1 atom stereocenters. The monoisotopic (exact) mass is 661 g/mol. The number of benzene rings is 2. The van der Waals surface area contributed by atoms with Crippen LogP contribution in [0.3, 0.4) is 0 Å². The zero-order valence-electron chi connectivity index (χ0n) is 22.2. The number of anilines is 2. The van der Waals surface area contributed by atoms with Gasteiger partial charge in [-0.15, -0.1) is 0 Å². The van der Waals surface area contributed by atoms with E-state index in [1.54, 1.807) is 11.0 Å². The molecule has 240 valence electrons. The molecule has 0 spiro atoms. The number of aliphatic hydroxyl groups excluding tert-OH is 1. The number of aliphatic hydroxyl groups is 1. The van der Waals surface area contributed by atoms with Gasteiger partial charge in [-0.25, -0.2) is 8.78 Å². The Morgan fingerprint density at radius 2 is 1.65 bits per heavy atom. The summed E-state index contributed by atoms with van der Waals surface area (Å²) in [4.78, 5) is 27.6. The predicted molar refractivity (Wildman–Crippen MR) is 146 cm³/mol. The summed E-state index contributed by atoms with van der Waals surface area (Å²) in [6, 6.07) is 5.66. The maximum atomic E-state index is 14.8. The Morgan fingerprint density at radius 3 is 2.19 bits per heavy atom. The summed E-state index contributed by atoms with van der Waals surface area (Å²) in [7, 11) is -4.67. The maximum absolute atomic E-state index is 14.8. The third kappa shape index (κ3) is 12.2. The largest absolute Gasteiger partial charge is 0.394 e. The van der Waals surface area contributed by atoms with Crippen LogP contribution in [0.15, 0.2) is 30.3 Å². The summed E-state index contributed by atoms with van der Waals surface area (Å²) in [5.74, 6) is -4.52. The quantitative estimate of drug-likeness (QED) is 0.163. The summed E-state index contributed by atoms with van der Waals surface area (Å²) in [6.07, 6.45) is -5.15. The molecule has 1 fully saturated rings. The van der Waals surface area contributed by atoms with Gasteiger partial charge in [-0.1, -0.05) is 17.7 Å². The molecule has 2 aromatic rings. The van der Waals surface area contributed by atoms with Crippen LogP contribution < -0.4 is 21.3 Å². The fourth-order valence-corrected chi connectivity index (χ4v) is 4.11. The Hall–Kier alpha value is -3.13. The van der Waals surface area contributed by atoms with Crippen molar-refractivity contribution in [2.75, 3.05) is 49.5 Å². The van der Waals surface area contributed by atoms with Crippen LogP contribution in [0.5, 0.6) is 0 Å². The second kappa shape index (κ2) is 15.6. The molecule has 2 amide bonds. The van der Waals surface area contributed by atoms with E-state index in [0.717, 1.165) is 6.07 Å². The lowest BCUT2D eigenvalue weighted by molar-refractivity contribution is -0.138. The molecule has 0 saturated carbocycles. The van der Waals surface area contributed by atoms with E-state index < -0.39 is 64.7 Å². The normalized spacial score (nSPS) is 15.0. The summed E-state index contributed by atoms with van der Waals surface area (Å²) in [6.45, 7) is 0.380. The van der Waals surface area contributed by atoms with E-state index in [0.29, 0.717) is 36.9 Å². The van der Waals surface area contributed by atoms with Gasteiger partial charge in [-0.05, 0) is 24.3 Å². The SMILES string of the molecule is NC(=O)[C@H](CO)NCc1ccc(C(=O)Nc2ccc(Cl)cc2N2CCN(CCC(F)(F)F)CC2)c(F)c1F.O=S(=O)(O)O. The number of nitrogens with two attached hydrogens (primary N) is 1. The minimum atomic E-state index is -4.67. The average Bonchev–Trinajstić information content (AvgIpc) is 2.90. The summed E-state index contributed by atoms with van der Waals surface area (Å²) in [5.41, 5.74) is 5.09. The first kappa shape index (κ1) is 36.1. The van der Waals surface area contributed by atoms with Gasteiger partial charge < -0.3 is 21.1 Å². The van der Waals surface area contributed by atoms with Crippen molar-refractivity contribution in [3.8, 4) is 0 Å². The number of nitrogens with zero attached hydrogens (tertiary/aromatic N) is 2. The van der Waals surface area contributed by atoms with Gasteiger partial charge >= 0.3 is 16.6 Å². The van der Waals surface area contributed by atoms with Crippen molar-refractivity contribution in [3.63, 3.8) is 0 Å². The summed E-state index contributed by atoms with van der Waals surface area (Å²) >= 11 is 6.13. The van der Waals surface area contributed by atoms with Crippen LogP contribution in [0.25, 0.3) is 0 Å². The molecule has 12 nitrogen and oxygen atoms in total. The Morgan fingerprint density at radius 1 is 1.05 bits per heavy atom. The molecule has 1 aliphatic heterocycles. The first-order valence-electron chi connectivity index (χ1n) is 12.3. The number of carbonyl (C=O) groups is 2. The first-order chi connectivity index (χ1) is 19.9. The van der Waals surface area contributed by atoms with Crippen LogP contribution in [0.1, 0.15) is 22.3 Å². The zero-order chi connectivity index (χ0) is 32.5. The standard InChI is InChI=1S/C24H27ClF5N5O3.H2O4S/c25-15-2-4-17(19(11-15)35-9-7-34(8-10-35)6-5-24(28,29)30)33-23(38)16-3-1-14(20(26)21(16)27)12-32-18(13-36)22(31)37;1-5(2,3)4/h1-4,11,18,32,36H,5-10,12-13H2,(H2,31,37)(H,33,38);(H2,1,2,3,4)/t18-;/m0./s1. The van der Waals surface area contributed by atoms with Gasteiger partial charge in [0.1, 0.15) is 6.04 Å². The van der Waals surface area contributed by atoms with Crippen molar-refractivity contribution in [1.29, 1.82) is 0 Å². The molecule has 0 unspecified atom stereocenters. The van der Waals surface area contributed by atoms with Gasteiger partial charge in [-0.2, -0.15) is 21.6 Å². The average molecular weight is 662 g/mol. The van der Waals surface area contributed by atoms with E-state index in [1.807, 2.05) is 4.90 Å². The topological polar surface area (TPSA) is 186 Å². The highest BCUT2D eigenvalue weighted by molar-refractivity contribution is 7.79. The molecule has 3 rings (SSSR count). The van der Waals surface area contributed by atoms with E-state index in [4.69, 9.17) is 40.0 Å². The van der Waals surface area contributed by atoms with Crippen LogP contribution in [0.4, 0.5) is 33.3 Å². The highest BCUT2D eigenvalue weighted by Crippen LogP contribution is 2.31. The van der Waals surface area contributed by atoms with Crippen LogP contribution in [-0.2, 0) is 21.7 Å². The Labute approximate surface area is 248 Å². The number of alkyl halides is 3. The number of primary amides is 1. The van der Waals surface area contributed by atoms with E-state index in [-0.39, 0.29) is 24.3 Å². The molecular formula is C24H29ClF5N5O7S. The van der Waals surface area contributed by atoms with E-state index in [1.165, 1.54) is 18.2 Å². The molecule has 2 aromatic carbocycles. The van der Waals surface area contributed by atoms with Crippen molar-refractivity contribution >= 4 is 45.2 Å². The van der Waals surface area contributed by atoms with Gasteiger partial charge in [0.15, 0.2) is 11.6 Å². The number of hydrogen-bond acceptors (Lipinski definition) is 8. The number of hydrogen-bond donors (Lipinski definition) is 6. The second-order valence-corrected chi connectivity index (χ2v) is 10.5. The van der Waals surface area contributed by atoms with Crippen molar-refractivity contribution in [1.82, 2.24) is 10.2 Å². The van der Waals surface area contributed by atoms with E-state index in [2.05, 4.69) is 10.6 Å². The third-order valence-electron chi connectivity index (χ3n) is 6.10. The van der Waals surface area contributed by atoms with Gasteiger partial charge in [-0.3, -0.25) is 28.9 Å². The molecule has 0 bridgehead atoms. The van der Waals surface area contributed by atoms with E-state index >= 15 is 0 Å². The van der Waals surface area contributed by atoms with Crippen molar-refractivity contribution in [3.05, 3.63) is 58.1 Å². The number of piperazine rings is 1. The molecule has 1 saturated heterocycles. The highest BCUT2D eigenvalue weighted by atomic mass is 35.5. The molecule has 0 radical (unpaired) electrons.